The van der Waals surface area contributed by atoms with Gasteiger partial charge in [-0.3, -0.25) is 9.59 Å². The molecule has 31 heavy (non-hydrogen) atoms. The highest BCUT2D eigenvalue weighted by molar-refractivity contribution is 7.17. The van der Waals surface area contributed by atoms with Crippen molar-refractivity contribution >= 4 is 33.8 Å². The maximum Gasteiger partial charge on any atom is 0.406 e. The molecule has 0 unspecified atom stereocenters. The summed E-state index contributed by atoms with van der Waals surface area (Å²) in [6.45, 7) is -0.436. The van der Waals surface area contributed by atoms with E-state index in [4.69, 9.17) is 4.74 Å². The molecule has 0 saturated heterocycles. The first kappa shape index (κ1) is 20.7. The maximum absolute atomic E-state index is 13.2. The number of ether oxygens (including phenoxy) is 1. The van der Waals surface area contributed by atoms with Crippen LogP contribution in [0.1, 0.15) is 39.2 Å². The lowest BCUT2D eigenvalue weighted by atomic mass is 9.92. The fourth-order valence-electron chi connectivity index (χ4n) is 3.57. The topological polar surface area (TPSA) is 111 Å². The molecule has 1 aromatic carbocycles. The van der Waals surface area contributed by atoms with Gasteiger partial charge in [0.1, 0.15) is 11.2 Å². The third-order valence-corrected chi connectivity index (χ3v) is 6.18. The molecule has 0 saturated carbocycles. The third kappa shape index (κ3) is 4.46. The molecule has 0 aliphatic heterocycles. The summed E-state index contributed by atoms with van der Waals surface area (Å²) in [7, 11) is 0. The summed E-state index contributed by atoms with van der Waals surface area (Å²) >= 11 is 1.41. The molecule has 158 valence electrons. The van der Waals surface area contributed by atoms with Crippen LogP contribution in [0.3, 0.4) is 0 Å². The highest BCUT2D eigenvalue weighted by Gasteiger charge is 2.27. The summed E-state index contributed by atoms with van der Waals surface area (Å²) in [5.41, 5.74) is 2.10. The number of anilines is 1. The fourth-order valence-corrected chi connectivity index (χ4v) is 4.87. The smallest absolute Gasteiger partial charge is 0.406 e. The molecule has 0 bridgehead atoms. The number of fused-ring (bicyclic) bond motifs is 1. The van der Waals surface area contributed by atoms with Crippen molar-refractivity contribution in [2.45, 2.75) is 25.7 Å². The van der Waals surface area contributed by atoms with E-state index in [0.29, 0.717) is 16.1 Å². The van der Waals surface area contributed by atoms with Crippen LogP contribution in [0.5, 0.6) is 5.75 Å². The number of rotatable bonds is 7. The molecule has 0 atom stereocenters. The Balaban J connectivity index is 1.56. The molecule has 1 aliphatic rings. The van der Waals surface area contributed by atoms with Crippen LogP contribution in [0.4, 0.5) is 10.8 Å². The van der Waals surface area contributed by atoms with Gasteiger partial charge < -0.3 is 20.2 Å². The Morgan fingerprint density at radius 3 is 2.68 bits per heavy atom. The van der Waals surface area contributed by atoms with E-state index >= 15 is 0 Å². The highest BCUT2D eigenvalue weighted by Crippen LogP contribution is 2.39. The van der Waals surface area contributed by atoms with Crippen molar-refractivity contribution in [2.75, 3.05) is 11.9 Å². The van der Waals surface area contributed by atoms with Crippen molar-refractivity contribution in [1.82, 2.24) is 4.98 Å². The van der Waals surface area contributed by atoms with Crippen molar-refractivity contribution in [3.8, 4) is 5.75 Å². The quantitative estimate of drug-likeness (QED) is 0.337. The summed E-state index contributed by atoms with van der Waals surface area (Å²) in [5, 5.41) is 14.3. The Labute approximate surface area is 182 Å². The van der Waals surface area contributed by atoms with Gasteiger partial charge in [-0.2, -0.15) is 0 Å². The van der Waals surface area contributed by atoms with Crippen molar-refractivity contribution in [3.05, 3.63) is 80.3 Å². The van der Waals surface area contributed by atoms with Gasteiger partial charge in [0.25, 0.3) is 5.91 Å². The lowest BCUT2D eigenvalue weighted by molar-refractivity contribution is -0.390. The molecule has 4 rings (SSSR count). The summed E-state index contributed by atoms with van der Waals surface area (Å²) in [5.74, 6) is -1.17. The Kier molecular flexibility index (Phi) is 6.03. The summed E-state index contributed by atoms with van der Waals surface area (Å²) in [4.78, 5) is 40.9. The monoisotopic (exact) mass is 437 g/mol. The number of carbonyl (C=O) groups excluding carboxylic acids is 2. The Bertz CT molecular complexity index is 1140. The average molecular weight is 437 g/mol. The predicted molar refractivity (Wildman–Crippen MR) is 116 cm³/mol. The third-order valence-electron chi connectivity index (χ3n) is 4.97. The molecular weight excluding hydrogens is 418 g/mol. The molecule has 1 aliphatic carbocycles. The van der Waals surface area contributed by atoms with Crippen molar-refractivity contribution in [3.63, 3.8) is 0 Å². The number of pyridine rings is 1. The van der Waals surface area contributed by atoms with Gasteiger partial charge in [-0.25, -0.2) is 0 Å². The minimum absolute atomic E-state index is 0.0892. The zero-order valence-corrected chi connectivity index (χ0v) is 17.3. The van der Waals surface area contributed by atoms with E-state index in [-0.39, 0.29) is 11.5 Å². The summed E-state index contributed by atoms with van der Waals surface area (Å²) in [6, 6.07) is 11.8. The van der Waals surface area contributed by atoms with Crippen molar-refractivity contribution < 1.29 is 19.2 Å². The number of thiophene rings is 1. The standard InChI is InChI=1S/C22H19N3O5S/c26-18(13-30-16-10-6-12-23-21(16)25(28)29)24-22-19(15-9-4-5-11-17(15)31-22)20(27)14-7-2-1-3-8-14/h1-3,6-8,10,12H,4-5,9,11,13H2,(H,24,26). The fraction of sp³-hybridized carbons (Fsp3) is 0.227. The first-order chi connectivity index (χ1) is 15.0. The Hall–Kier alpha value is -3.59. The number of benzene rings is 1. The number of nitrogens with one attached hydrogen (secondary N) is 1. The van der Waals surface area contributed by atoms with E-state index in [9.17, 15) is 19.7 Å². The second-order valence-corrected chi connectivity index (χ2v) is 8.13. The molecular formula is C22H19N3O5S. The minimum Gasteiger partial charge on any atom is -0.476 e. The van der Waals surface area contributed by atoms with E-state index in [1.54, 1.807) is 24.3 Å². The van der Waals surface area contributed by atoms with Gasteiger partial charge in [0.2, 0.25) is 5.75 Å². The second kappa shape index (κ2) is 9.05. The number of nitrogens with zero attached hydrogens (tertiary/aromatic N) is 2. The number of aromatic nitrogens is 1. The van der Waals surface area contributed by atoms with Gasteiger partial charge in [0, 0.05) is 10.4 Å². The van der Waals surface area contributed by atoms with E-state index in [1.165, 1.54) is 29.7 Å². The molecule has 0 radical (unpaired) electrons. The van der Waals surface area contributed by atoms with Crippen LogP contribution in [-0.4, -0.2) is 28.2 Å². The van der Waals surface area contributed by atoms with Crippen LogP contribution in [0.25, 0.3) is 0 Å². The van der Waals surface area contributed by atoms with Gasteiger partial charge in [-0.1, -0.05) is 30.3 Å². The van der Waals surface area contributed by atoms with Crippen LogP contribution in [0.2, 0.25) is 0 Å². The molecule has 9 heteroatoms. The molecule has 3 aromatic rings. The van der Waals surface area contributed by atoms with Crippen LogP contribution in [0, 0.1) is 10.1 Å². The van der Waals surface area contributed by atoms with Gasteiger partial charge >= 0.3 is 5.82 Å². The molecule has 0 fully saturated rings. The number of nitro groups is 1. The van der Waals surface area contributed by atoms with E-state index in [0.717, 1.165) is 36.1 Å². The number of hydrogen-bond acceptors (Lipinski definition) is 7. The van der Waals surface area contributed by atoms with Crippen LogP contribution in [0.15, 0.2) is 48.7 Å². The number of ketones is 1. The molecule has 2 aromatic heterocycles. The summed E-state index contributed by atoms with van der Waals surface area (Å²) < 4.78 is 5.32. The van der Waals surface area contributed by atoms with Crippen LogP contribution < -0.4 is 10.1 Å². The second-order valence-electron chi connectivity index (χ2n) is 7.03. The number of aryl methyl sites for hydroxylation is 1. The van der Waals surface area contributed by atoms with Crippen LogP contribution >= 0.6 is 11.3 Å². The predicted octanol–water partition coefficient (Wildman–Crippen LogP) is 4.18. The van der Waals surface area contributed by atoms with E-state index in [1.807, 2.05) is 6.07 Å². The lowest BCUT2D eigenvalue weighted by Gasteiger charge is -2.12. The molecule has 2 heterocycles. The average Bonchev–Trinajstić information content (AvgIpc) is 3.15. The van der Waals surface area contributed by atoms with E-state index < -0.39 is 23.3 Å². The van der Waals surface area contributed by atoms with Gasteiger partial charge in [0.15, 0.2) is 12.4 Å². The van der Waals surface area contributed by atoms with Gasteiger partial charge in [-0.15, -0.1) is 11.3 Å². The molecule has 1 amide bonds. The van der Waals surface area contributed by atoms with Crippen molar-refractivity contribution in [2.24, 2.45) is 0 Å². The van der Waals surface area contributed by atoms with Crippen LogP contribution in [-0.2, 0) is 17.6 Å². The normalized spacial score (nSPS) is 12.6. The van der Waals surface area contributed by atoms with Crippen molar-refractivity contribution in [1.29, 1.82) is 0 Å². The Morgan fingerprint density at radius 1 is 1.13 bits per heavy atom. The zero-order valence-electron chi connectivity index (χ0n) is 16.5. The van der Waals surface area contributed by atoms with E-state index in [2.05, 4.69) is 10.3 Å². The largest absolute Gasteiger partial charge is 0.476 e. The first-order valence-electron chi connectivity index (χ1n) is 9.81. The molecule has 0 spiro atoms. The molecule has 1 N–H and O–H groups in total. The van der Waals surface area contributed by atoms with Gasteiger partial charge in [0.05, 0.1) is 5.56 Å². The van der Waals surface area contributed by atoms with Gasteiger partial charge in [-0.05, 0) is 53.3 Å². The number of amides is 1. The Morgan fingerprint density at radius 2 is 1.90 bits per heavy atom. The maximum atomic E-state index is 13.2. The molecule has 8 nitrogen and oxygen atoms in total. The summed E-state index contributed by atoms with van der Waals surface area (Å²) in [6.07, 6.45) is 5.01. The first-order valence-corrected chi connectivity index (χ1v) is 10.6. The number of hydrogen-bond donors (Lipinski definition) is 1. The number of carbonyl (C=O) groups is 2. The highest BCUT2D eigenvalue weighted by atomic mass is 32.1. The lowest BCUT2D eigenvalue weighted by Crippen LogP contribution is -2.21. The minimum atomic E-state index is -0.669. The SMILES string of the molecule is O=C(COc1cccnc1[N+](=O)[O-])Nc1sc2c(c1C(=O)c1ccccc1)CCCC2. The zero-order chi connectivity index (χ0) is 21.8.